The summed E-state index contributed by atoms with van der Waals surface area (Å²) < 4.78 is 35.8. The SMILES string of the molecule is CC(C)(C#N)c1coc(-c2ccc(F)cc2)n1.N#CCc1coc(-c2ccc(F)cc2)n1. The van der Waals surface area contributed by atoms with Crippen molar-refractivity contribution in [1.29, 1.82) is 10.5 Å². The van der Waals surface area contributed by atoms with Crippen LogP contribution in [-0.4, -0.2) is 9.97 Å². The summed E-state index contributed by atoms with van der Waals surface area (Å²) in [7, 11) is 0. The summed E-state index contributed by atoms with van der Waals surface area (Å²) in [6, 6.07) is 15.8. The second-order valence-electron chi connectivity index (χ2n) is 7.27. The van der Waals surface area contributed by atoms with Crippen molar-refractivity contribution in [2.75, 3.05) is 0 Å². The smallest absolute Gasteiger partial charge is 0.226 e. The van der Waals surface area contributed by atoms with Gasteiger partial charge in [0.1, 0.15) is 24.2 Å². The molecule has 0 bridgehead atoms. The van der Waals surface area contributed by atoms with E-state index < -0.39 is 5.41 Å². The lowest BCUT2D eigenvalue weighted by atomic mass is 9.92. The summed E-state index contributed by atoms with van der Waals surface area (Å²) in [4.78, 5) is 8.33. The number of hydrogen-bond donors (Lipinski definition) is 0. The van der Waals surface area contributed by atoms with Crippen molar-refractivity contribution in [2.45, 2.75) is 25.7 Å². The van der Waals surface area contributed by atoms with Crippen LogP contribution in [0.15, 0.2) is 69.9 Å². The lowest BCUT2D eigenvalue weighted by Gasteiger charge is -2.09. The second kappa shape index (κ2) is 9.67. The van der Waals surface area contributed by atoms with Crippen molar-refractivity contribution in [1.82, 2.24) is 9.97 Å². The molecular weight excluding hydrogens is 414 g/mol. The van der Waals surface area contributed by atoms with E-state index in [0.29, 0.717) is 34.3 Å². The van der Waals surface area contributed by atoms with Crippen LogP contribution in [0.25, 0.3) is 22.9 Å². The molecule has 0 spiro atoms. The quantitative estimate of drug-likeness (QED) is 0.402. The van der Waals surface area contributed by atoms with Gasteiger partial charge >= 0.3 is 0 Å². The molecule has 32 heavy (non-hydrogen) atoms. The van der Waals surface area contributed by atoms with Gasteiger partial charge in [-0.15, -0.1) is 0 Å². The standard InChI is InChI=1S/C13H11FN2O.C11H7FN2O/c1-13(2,8-15)11-7-17-12(16-11)9-3-5-10(14)6-4-9;12-9-3-1-8(2-4-9)11-14-10(5-6-13)7-15-11/h3-7H,1-2H3;1-4,7H,5H2. The summed E-state index contributed by atoms with van der Waals surface area (Å²) in [5.41, 5.74) is 1.84. The molecule has 0 fully saturated rings. The van der Waals surface area contributed by atoms with Gasteiger partial charge in [0, 0.05) is 11.1 Å². The van der Waals surface area contributed by atoms with Gasteiger partial charge in [0.15, 0.2) is 0 Å². The molecule has 8 heteroatoms. The number of benzene rings is 2. The number of nitriles is 2. The Bertz CT molecular complexity index is 1260. The van der Waals surface area contributed by atoms with E-state index >= 15 is 0 Å². The highest BCUT2D eigenvalue weighted by molar-refractivity contribution is 5.53. The molecule has 0 radical (unpaired) electrons. The van der Waals surface area contributed by atoms with Crippen LogP contribution >= 0.6 is 0 Å². The van der Waals surface area contributed by atoms with Crippen molar-refractivity contribution in [3.05, 3.63) is 84.1 Å². The van der Waals surface area contributed by atoms with Crippen LogP contribution < -0.4 is 0 Å². The summed E-state index contributed by atoms with van der Waals surface area (Å²) >= 11 is 0. The first-order valence-corrected chi connectivity index (χ1v) is 9.53. The molecule has 0 aliphatic rings. The molecule has 0 amide bonds. The molecule has 0 aliphatic heterocycles. The lowest BCUT2D eigenvalue weighted by molar-refractivity contribution is 0.565. The van der Waals surface area contributed by atoms with Gasteiger partial charge < -0.3 is 8.83 Å². The predicted molar refractivity (Wildman–Crippen MR) is 112 cm³/mol. The van der Waals surface area contributed by atoms with Crippen molar-refractivity contribution in [2.24, 2.45) is 0 Å². The Morgan fingerprint density at radius 1 is 0.812 bits per heavy atom. The maximum atomic E-state index is 12.8. The maximum Gasteiger partial charge on any atom is 0.226 e. The van der Waals surface area contributed by atoms with Crippen LogP contribution in [0.2, 0.25) is 0 Å². The minimum Gasteiger partial charge on any atom is -0.444 e. The zero-order chi connectivity index (χ0) is 23.1. The van der Waals surface area contributed by atoms with Gasteiger partial charge in [0.05, 0.1) is 35.4 Å². The van der Waals surface area contributed by atoms with Crippen molar-refractivity contribution in [3.8, 4) is 35.0 Å². The molecule has 160 valence electrons. The maximum absolute atomic E-state index is 12.8. The fraction of sp³-hybridized carbons (Fsp3) is 0.167. The van der Waals surface area contributed by atoms with E-state index in [1.807, 2.05) is 6.07 Å². The highest BCUT2D eigenvalue weighted by atomic mass is 19.1. The molecule has 0 unspecified atom stereocenters. The van der Waals surface area contributed by atoms with E-state index in [9.17, 15) is 8.78 Å². The van der Waals surface area contributed by atoms with Crippen molar-refractivity contribution in [3.63, 3.8) is 0 Å². The van der Waals surface area contributed by atoms with Crippen LogP contribution in [0.1, 0.15) is 25.2 Å². The zero-order valence-electron chi connectivity index (χ0n) is 17.3. The number of oxazole rings is 2. The van der Waals surface area contributed by atoms with Crippen LogP contribution in [0, 0.1) is 34.3 Å². The molecule has 6 nitrogen and oxygen atoms in total. The number of rotatable bonds is 4. The average molecular weight is 432 g/mol. The van der Waals surface area contributed by atoms with Crippen LogP contribution in [0.5, 0.6) is 0 Å². The third-order valence-corrected chi connectivity index (χ3v) is 4.42. The highest BCUT2D eigenvalue weighted by Crippen LogP contribution is 2.26. The second-order valence-corrected chi connectivity index (χ2v) is 7.27. The zero-order valence-corrected chi connectivity index (χ0v) is 17.3. The minimum absolute atomic E-state index is 0.213. The summed E-state index contributed by atoms with van der Waals surface area (Å²) in [5.74, 6) is 0.184. The van der Waals surface area contributed by atoms with Gasteiger partial charge in [-0.2, -0.15) is 10.5 Å². The number of hydrogen-bond acceptors (Lipinski definition) is 6. The minimum atomic E-state index is -0.693. The van der Waals surface area contributed by atoms with E-state index in [4.69, 9.17) is 19.4 Å². The predicted octanol–water partition coefficient (Wildman–Crippen LogP) is 5.83. The molecule has 4 rings (SSSR count). The summed E-state index contributed by atoms with van der Waals surface area (Å²) in [6.45, 7) is 3.53. The molecule has 2 aromatic carbocycles. The fourth-order valence-corrected chi connectivity index (χ4v) is 2.54. The molecular formula is C24H18F2N4O2. The Morgan fingerprint density at radius 2 is 1.31 bits per heavy atom. The van der Waals surface area contributed by atoms with Crippen LogP contribution in [0.4, 0.5) is 8.78 Å². The first kappa shape index (κ1) is 22.4. The average Bonchev–Trinajstić information content (AvgIpc) is 3.46. The van der Waals surface area contributed by atoms with E-state index in [-0.39, 0.29) is 18.1 Å². The lowest BCUT2D eigenvalue weighted by Crippen LogP contribution is -2.14. The summed E-state index contributed by atoms with van der Waals surface area (Å²) in [5, 5.41) is 17.4. The van der Waals surface area contributed by atoms with Crippen LogP contribution in [0.3, 0.4) is 0 Å². The Kier molecular flexibility index (Phi) is 6.77. The van der Waals surface area contributed by atoms with Crippen molar-refractivity contribution < 1.29 is 17.6 Å². The Morgan fingerprint density at radius 3 is 1.81 bits per heavy atom. The Balaban J connectivity index is 0.000000182. The van der Waals surface area contributed by atoms with Crippen molar-refractivity contribution >= 4 is 0 Å². The van der Waals surface area contributed by atoms with E-state index in [1.54, 1.807) is 38.1 Å². The number of nitrogens with zero attached hydrogens (tertiary/aromatic N) is 4. The Labute approximate surface area is 183 Å². The topological polar surface area (TPSA) is 99.6 Å². The molecule has 0 N–H and O–H groups in total. The summed E-state index contributed by atoms with van der Waals surface area (Å²) in [6.07, 6.45) is 3.11. The number of halogens is 2. The molecule has 0 aliphatic carbocycles. The first-order chi connectivity index (χ1) is 15.3. The van der Waals surface area contributed by atoms with Gasteiger partial charge in [-0.05, 0) is 62.4 Å². The normalized spacial score (nSPS) is 10.6. The molecule has 0 saturated carbocycles. The largest absolute Gasteiger partial charge is 0.444 e. The first-order valence-electron chi connectivity index (χ1n) is 9.53. The Hall–Kier alpha value is -4.30. The highest BCUT2D eigenvalue weighted by Gasteiger charge is 2.24. The number of aromatic nitrogens is 2. The fourth-order valence-electron chi connectivity index (χ4n) is 2.54. The third-order valence-electron chi connectivity index (χ3n) is 4.42. The van der Waals surface area contributed by atoms with Gasteiger partial charge in [-0.3, -0.25) is 0 Å². The monoisotopic (exact) mass is 432 g/mol. The van der Waals surface area contributed by atoms with E-state index in [0.717, 1.165) is 0 Å². The molecule has 2 aromatic heterocycles. The van der Waals surface area contributed by atoms with Gasteiger partial charge in [0.2, 0.25) is 11.8 Å². The van der Waals surface area contributed by atoms with E-state index in [1.165, 1.54) is 36.8 Å². The van der Waals surface area contributed by atoms with E-state index in [2.05, 4.69) is 16.0 Å². The molecule has 4 aromatic rings. The molecule has 2 heterocycles. The molecule has 0 atom stereocenters. The van der Waals surface area contributed by atoms with Gasteiger partial charge in [0.25, 0.3) is 0 Å². The third kappa shape index (κ3) is 5.44. The molecule has 0 saturated heterocycles. The van der Waals surface area contributed by atoms with Gasteiger partial charge in [-0.25, -0.2) is 18.7 Å². The van der Waals surface area contributed by atoms with Crippen LogP contribution in [-0.2, 0) is 11.8 Å². The van der Waals surface area contributed by atoms with Gasteiger partial charge in [-0.1, -0.05) is 0 Å².